The Morgan fingerprint density at radius 2 is 2.17 bits per heavy atom. The molecule has 2 aromatic heterocycles. The molecule has 1 saturated heterocycles. The van der Waals surface area contributed by atoms with Crippen LogP contribution in [0.1, 0.15) is 29.0 Å². The molecule has 0 spiro atoms. The van der Waals surface area contributed by atoms with Crippen molar-refractivity contribution in [3.63, 3.8) is 0 Å². The molecule has 4 aromatic rings. The predicted octanol–water partition coefficient (Wildman–Crippen LogP) is 5.83. The molecule has 1 unspecified atom stereocenters. The number of amides is 1. The number of thiazole rings is 1. The van der Waals surface area contributed by atoms with Crippen molar-refractivity contribution in [3.8, 4) is 0 Å². The van der Waals surface area contributed by atoms with Crippen LogP contribution in [0.5, 0.6) is 0 Å². The molecule has 1 amide bonds. The van der Waals surface area contributed by atoms with Crippen molar-refractivity contribution >= 4 is 55.2 Å². The second-order valence-electron chi connectivity index (χ2n) is 7.21. The number of rotatable bonds is 4. The van der Waals surface area contributed by atoms with E-state index in [2.05, 4.69) is 0 Å². The van der Waals surface area contributed by atoms with Gasteiger partial charge in [0.1, 0.15) is 5.58 Å². The first-order valence-corrected chi connectivity index (χ1v) is 10.8. The van der Waals surface area contributed by atoms with Gasteiger partial charge in [0.25, 0.3) is 5.91 Å². The highest BCUT2D eigenvalue weighted by atomic mass is 35.5. The van der Waals surface area contributed by atoms with Gasteiger partial charge in [-0.1, -0.05) is 41.1 Å². The molecule has 148 valence electrons. The minimum atomic E-state index is -0.209. The van der Waals surface area contributed by atoms with Gasteiger partial charge < -0.3 is 9.15 Å². The second-order valence-corrected chi connectivity index (χ2v) is 8.63. The van der Waals surface area contributed by atoms with Gasteiger partial charge in [-0.2, -0.15) is 0 Å². The molecule has 7 heteroatoms. The third-order valence-electron chi connectivity index (χ3n) is 5.26. The van der Waals surface area contributed by atoms with E-state index in [1.165, 1.54) is 11.3 Å². The number of hydrogen-bond acceptors (Lipinski definition) is 5. The molecule has 0 N–H and O–H groups in total. The number of halogens is 1. The van der Waals surface area contributed by atoms with Crippen molar-refractivity contribution in [1.29, 1.82) is 0 Å². The van der Waals surface area contributed by atoms with E-state index in [1.807, 2.05) is 43.3 Å². The Hall–Kier alpha value is -2.41. The standard InChI is InChI=1S/C22H19ClN2O3S/c1-13-16(23)8-9-19-20(13)24-22(29-19)25(12-15-6-4-10-27-15)21(26)18-11-14-5-2-3-7-17(14)28-18/h2-3,5,7-9,11,15H,4,6,10,12H2,1H3. The summed E-state index contributed by atoms with van der Waals surface area (Å²) >= 11 is 7.75. The van der Waals surface area contributed by atoms with Crippen molar-refractivity contribution in [3.05, 3.63) is 58.8 Å². The van der Waals surface area contributed by atoms with Crippen molar-refractivity contribution in [2.24, 2.45) is 0 Å². The topological polar surface area (TPSA) is 55.6 Å². The molecule has 29 heavy (non-hydrogen) atoms. The monoisotopic (exact) mass is 426 g/mol. The lowest BCUT2D eigenvalue weighted by molar-refractivity contribution is 0.0896. The minimum Gasteiger partial charge on any atom is -0.451 e. The summed E-state index contributed by atoms with van der Waals surface area (Å²) in [5, 5.41) is 2.20. The van der Waals surface area contributed by atoms with E-state index in [-0.39, 0.29) is 12.0 Å². The Balaban J connectivity index is 1.57. The number of carbonyl (C=O) groups excluding carboxylic acids is 1. The van der Waals surface area contributed by atoms with Crippen LogP contribution in [0.4, 0.5) is 5.13 Å². The first-order chi connectivity index (χ1) is 14.1. The normalized spacial score (nSPS) is 16.7. The molecule has 1 aliphatic rings. The molecule has 0 saturated carbocycles. The van der Waals surface area contributed by atoms with Crippen LogP contribution in [0.3, 0.4) is 0 Å². The van der Waals surface area contributed by atoms with Crippen LogP contribution in [0.2, 0.25) is 5.02 Å². The Labute approximate surface area is 176 Å². The number of nitrogens with zero attached hydrogens (tertiary/aromatic N) is 2. The van der Waals surface area contributed by atoms with E-state index in [9.17, 15) is 4.79 Å². The molecule has 2 aromatic carbocycles. The SMILES string of the molecule is Cc1c(Cl)ccc2sc(N(CC3CCCO3)C(=O)c3cc4ccccc4o3)nc12. The van der Waals surface area contributed by atoms with Crippen LogP contribution in [0.15, 0.2) is 46.9 Å². The maximum Gasteiger partial charge on any atom is 0.295 e. The van der Waals surface area contributed by atoms with Gasteiger partial charge in [0, 0.05) is 17.0 Å². The number of carbonyl (C=O) groups is 1. The van der Waals surface area contributed by atoms with Gasteiger partial charge >= 0.3 is 0 Å². The van der Waals surface area contributed by atoms with Gasteiger partial charge in [-0.05, 0) is 49.6 Å². The van der Waals surface area contributed by atoms with Gasteiger partial charge in [0.2, 0.25) is 0 Å². The van der Waals surface area contributed by atoms with Crippen molar-refractivity contribution in [1.82, 2.24) is 4.98 Å². The zero-order valence-electron chi connectivity index (χ0n) is 15.9. The third-order valence-corrected chi connectivity index (χ3v) is 6.71. The molecule has 1 aliphatic heterocycles. The number of anilines is 1. The lowest BCUT2D eigenvalue weighted by Crippen LogP contribution is -2.37. The molecule has 0 radical (unpaired) electrons. The molecule has 5 nitrogen and oxygen atoms in total. The van der Waals surface area contributed by atoms with Crippen LogP contribution in [-0.2, 0) is 4.74 Å². The molecule has 3 heterocycles. The average molecular weight is 427 g/mol. The molecule has 0 bridgehead atoms. The van der Waals surface area contributed by atoms with Gasteiger partial charge in [-0.3, -0.25) is 9.69 Å². The predicted molar refractivity (Wildman–Crippen MR) is 116 cm³/mol. The van der Waals surface area contributed by atoms with Crippen molar-refractivity contribution in [2.45, 2.75) is 25.9 Å². The fourth-order valence-corrected chi connectivity index (χ4v) is 4.85. The lowest BCUT2D eigenvalue weighted by atomic mass is 10.2. The summed E-state index contributed by atoms with van der Waals surface area (Å²) in [5.41, 5.74) is 2.44. The molecule has 1 fully saturated rings. The highest BCUT2D eigenvalue weighted by molar-refractivity contribution is 7.22. The first kappa shape index (κ1) is 18.6. The van der Waals surface area contributed by atoms with E-state index < -0.39 is 0 Å². The Morgan fingerprint density at radius 1 is 1.31 bits per heavy atom. The summed E-state index contributed by atoms with van der Waals surface area (Å²) in [6.07, 6.45) is 1.94. The van der Waals surface area contributed by atoms with Crippen LogP contribution in [-0.4, -0.2) is 30.1 Å². The summed E-state index contributed by atoms with van der Waals surface area (Å²) in [5.74, 6) is 0.0951. The fraction of sp³-hybridized carbons (Fsp3) is 0.273. The molecular weight excluding hydrogens is 408 g/mol. The van der Waals surface area contributed by atoms with E-state index in [0.717, 1.165) is 40.6 Å². The molecular formula is C22H19ClN2O3S. The Morgan fingerprint density at radius 3 is 2.97 bits per heavy atom. The summed E-state index contributed by atoms with van der Waals surface area (Å²) < 4.78 is 12.6. The van der Waals surface area contributed by atoms with Crippen LogP contribution in [0.25, 0.3) is 21.2 Å². The van der Waals surface area contributed by atoms with Gasteiger partial charge in [0.15, 0.2) is 10.9 Å². The number of aryl methyl sites for hydroxylation is 1. The van der Waals surface area contributed by atoms with Gasteiger partial charge in [-0.25, -0.2) is 4.98 Å². The zero-order valence-corrected chi connectivity index (χ0v) is 17.4. The van der Waals surface area contributed by atoms with Crippen LogP contribution in [0, 0.1) is 6.92 Å². The Bertz CT molecular complexity index is 1180. The van der Waals surface area contributed by atoms with Gasteiger partial charge in [-0.15, -0.1) is 0 Å². The van der Waals surface area contributed by atoms with Crippen molar-refractivity contribution < 1.29 is 13.9 Å². The summed E-state index contributed by atoms with van der Waals surface area (Å²) in [7, 11) is 0. The first-order valence-electron chi connectivity index (χ1n) is 9.58. The van der Waals surface area contributed by atoms with E-state index in [1.54, 1.807) is 11.0 Å². The smallest absolute Gasteiger partial charge is 0.295 e. The number of ether oxygens (including phenoxy) is 1. The van der Waals surface area contributed by atoms with Crippen LogP contribution < -0.4 is 4.90 Å². The van der Waals surface area contributed by atoms with Gasteiger partial charge in [0.05, 0.1) is 22.9 Å². The number of aromatic nitrogens is 1. The van der Waals surface area contributed by atoms with E-state index in [4.69, 9.17) is 25.7 Å². The minimum absolute atomic E-state index is 0.0000236. The fourth-order valence-electron chi connectivity index (χ4n) is 3.66. The zero-order chi connectivity index (χ0) is 20.0. The number of furan rings is 1. The highest BCUT2D eigenvalue weighted by Crippen LogP contribution is 2.35. The summed E-state index contributed by atoms with van der Waals surface area (Å²) in [4.78, 5) is 19.9. The Kier molecular flexibility index (Phi) is 4.78. The quantitative estimate of drug-likeness (QED) is 0.412. The number of benzene rings is 2. The number of fused-ring (bicyclic) bond motifs is 2. The second kappa shape index (κ2) is 7.44. The average Bonchev–Trinajstić information content (AvgIpc) is 3.47. The highest BCUT2D eigenvalue weighted by Gasteiger charge is 2.29. The largest absolute Gasteiger partial charge is 0.451 e. The van der Waals surface area contributed by atoms with Crippen molar-refractivity contribution in [2.75, 3.05) is 18.1 Å². The number of hydrogen-bond donors (Lipinski definition) is 0. The molecule has 0 aliphatic carbocycles. The maximum atomic E-state index is 13.4. The molecule has 5 rings (SSSR count). The summed E-state index contributed by atoms with van der Waals surface area (Å²) in [6.45, 7) is 3.12. The third kappa shape index (κ3) is 3.41. The number of para-hydroxylation sites is 1. The van der Waals surface area contributed by atoms with E-state index in [0.29, 0.717) is 28.0 Å². The van der Waals surface area contributed by atoms with E-state index >= 15 is 0 Å². The molecule has 1 atom stereocenters. The lowest BCUT2D eigenvalue weighted by Gasteiger charge is -2.22. The van der Waals surface area contributed by atoms with Crippen LogP contribution >= 0.6 is 22.9 Å². The maximum absolute atomic E-state index is 13.4. The summed E-state index contributed by atoms with van der Waals surface area (Å²) in [6, 6.07) is 13.2.